The van der Waals surface area contributed by atoms with Crippen LogP contribution in [0.2, 0.25) is 0 Å². The van der Waals surface area contributed by atoms with Crippen LogP contribution in [0.1, 0.15) is 49.0 Å². The summed E-state index contributed by atoms with van der Waals surface area (Å²) in [4.78, 5) is 14.4. The Hall–Kier alpha value is -1.51. The number of benzene rings is 1. The van der Waals surface area contributed by atoms with E-state index in [1.165, 1.54) is 11.3 Å². The van der Waals surface area contributed by atoms with E-state index in [0.29, 0.717) is 6.04 Å². The highest BCUT2D eigenvalue weighted by molar-refractivity contribution is 5.95. The van der Waals surface area contributed by atoms with Gasteiger partial charge in [-0.1, -0.05) is 13.8 Å². The maximum atomic E-state index is 12.5. The minimum atomic E-state index is 0.141. The van der Waals surface area contributed by atoms with Crippen LogP contribution in [-0.4, -0.2) is 30.4 Å². The third-order valence-corrected chi connectivity index (χ3v) is 4.10. The van der Waals surface area contributed by atoms with Crippen molar-refractivity contribution in [3.63, 3.8) is 0 Å². The summed E-state index contributed by atoms with van der Waals surface area (Å²) in [5.41, 5.74) is 3.28. The first-order valence-corrected chi connectivity index (χ1v) is 7.31. The van der Waals surface area contributed by atoms with Crippen molar-refractivity contribution in [3.8, 4) is 0 Å². The molecular formula is C16H24N2O. The second-order valence-corrected chi connectivity index (χ2v) is 5.29. The first-order chi connectivity index (χ1) is 9.17. The molecule has 0 saturated carbocycles. The van der Waals surface area contributed by atoms with E-state index in [-0.39, 0.29) is 5.91 Å². The second-order valence-electron chi connectivity index (χ2n) is 5.29. The van der Waals surface area contributed by atoms with Gasteiger partial charge in [0.15, 0.2) is 0 Å². The lowest BCUT2D eigenvalue weighted by Gasteiger charge is -2.27. The van der Waals surface area contributed by atoms with E-state index in [9.17, 15) is 4.79 Å². The standard InChI is InChI=1S/C16H24N2O/c1-4-14(5-2)18(3)16(19)13-8-9-15-12(11-13)7-6-10-17-15/h8-9,11,14,17H,4-7,10H2,1-3H3. The number of fused-ring (bicyclic) bond motifs is 1. The van der Waals surface area contributed by atoms with Crippen LogP contribution < -0.4 is 5.32 Å². The van der Waals surface area contributed by atoms with Crippen molar-refractivity contribution in [2.24, 2.45) is 0 Å². The molecule has 0 fully saturated rings. The number of hydrogen-bond donors (Lipinski definition) is 1. The van der Waals surface area contributed by atoms with E-state index in [1.54, 1.807) is 0 Å². The molecule has 1 aliphatic rings. The molecule has 3 nitrogen and oxygen atoms in total. The molecule has 0 radical (unpaired) electrons. The predicted octanol–water partition coefficient (Wildman–Crippen LogP) is 3.31. The summed E-state index contributed by atoms with van der Waals surface area (Å²) < 4.78 is 0. The van der Waals surface area contributed by atoms with E-state index in [0.717, 1.165) is 37.8 Å². The Morgan fingerprint density at radius 2 is 2.11 bits per heavy atom. The van der Waals surface area contributed by atoms with E-state index in [2.05, 4.69) is 25.2 Å². The number of hydrogen-bond acceptors (Lipinski definition) is 2. The fourth-order valence-corrected chi connectivity index (χ4v) is 2.81. The quantitative estimate of drug-likeness (QED) is 0.901. The SMILES string of the molecule is CCC(CC)N(C)C(=O)c1ccc2c(c1)CCCN2. The highest BCUT2D eigenvalue weighted by Crippen LogP contribution is 2.24. The summed E-state index contributed by atoms with van der Waals surface area (Å²) in [7, 11) is 1.91. The van der Waals surface area contributed by atoms with Crippen LogP contribution in [-0.2, 0) is 6.42 Å². The summed E-state index contributed by atoms with van der Waals surface area (Å²) in [5, 5.41) is 3.38. The van der Waals surface area contributed by atoms with Gasteiger partial charge in [-0.05, 0) is 49.4 Å². The van der Waals surface area contributed by atoms with Crippen LogP contribution in [0, 0.1) is 0 Å². The van der Waals surface area contributed by atoms with Crippen molar-refractivity contribution in [2.45, 2.75) is 45.6 Å². The largest absolute Gasteiger partial charge is 0.385 e. The zero-order valence-electron chi connectivity index (χ0n) is 12.2. The molecule has 3 heteroatoms. The predicted molar refractivity (Wildman–Crippen MR) is 79.7 cm³/mol. The topological polar surface area (TPSA) is 32.3 Å². The lowest BCUT2D eigenvalue weighted by atomic mass is 10.00. The number of rotatable bonds is 4. The van der Waals surface area contributed by atoms with E-state index in [4.69, 9.17) is 0 Å². The lowest BCUT2D eigenvalue weighted by molar-refractivity contribution is 0.0723. The monoisotopic (exact) mass is 260 g/mol. The lowest BCUT2D eigenvalue weighted by Crippen LogP contribution is -2.36. The van der Waals surface area contributed by atoms with Crippen molar-refractivity contribution in [2.75, 3.05) is 18.9 Å². The Morgan fingerprint density at radius 1 is 1.37 bits per heavy atom. The third kappa shape index (κ3) is 2.91. The molecule has 0 spiro atoms. The van der Waals surface area contributed by atoms with Gasteiger partial charge in [-0.15, -0.1) is 0 Å². The summed E-state index contributed by atoms with van der Waals surface area (Å²) in [6.45, 7) is 5.30. The minimum Gasteiger partial charge on any atom is -0.385 e. The van der Waals surface area contributed by atoms with Gasteiger partial charge in [-0.3, -0.25) is 4.79 Å². The van der Waals surface area contributed by atoms with Crippen molar-refractivity contribution in [1.29, 1.82) is 0 Å². The molecule has 0 unspecified atom stereocenters. The third-order valence-electron chi connectivity index (χ3n) is 4.10. The Labute approximate surface area is 116 Å². The molecule has 0 saturated heterocycles. The van der Waals surface area contributed by atoms with Gasteiger partial charge in [-0.2, -0.15) is 0 Å². The van der Waals surface area contributed by atoms with Crippen LogP contribution >= 0.6 is 0 Å². The average molecular weight is 260 g/mol. The number of nitrogens with zero attached hydrogens (tertiary/aromatic N) is 1. The highest BCUT2D eigenvalue weighted by atomic mass is 16.2. The minimum absolute atomic E-state index is 0.141. The van der Waals surface area contributed by atoms with E-state index < -0.39 is 0 Å². The van der Waals surface area contributed by atoms with Crippen molar-refractivity contribution in [3.05, 3.63) is 29.3 Å². The Balaban J connectivity index is 2.19. The molecule has 0 aliphatic carbocycles. The number of carbonyl (C=O) groups excluding carboxylic acids is 1. The van der Waals surface area contributed by atoms with Crippen LogP contribution in [0.3, 0.4) is 0 Å². The molecule has 1 aromatic rings. The summed E-state index contributed by atoms with van der Waals surface area (Å²) in [6, 6.07) is 6.38. The van der Waals surface area contributed by atoms with Crippen molar-refractivity contribution >= 4 is 11.6 Å². The Morgan fingerprint density at radius 3 is 2.79 bits per heavy atom. The molecule has 1 aliphatic heterocycles. The summed E-state index contributed by atoms with van der Waals surface area (Å²) in [6.07, 6.45) is 4.22. The van der Waals surface area contributed by atoms with Gasteiger partial charge in [0.2, 0.25) is 0 Å². The molecule has 1 aromatic carbocycles. The van der Waals surface area contributed by atoms with Gasteiger partial charge < -0.3 is 10.2 Å². The van der Waals surface area contributed by atoms with Crippen molar-refractivity contribution in [1.82, 2.24) is 4.90 Å². The zero-order chi connectivity index (χ0) is 13.8. The number of amides is 1. The number of nitrogens with one attached hydrogen (secondary N) is 1. The van der Waals surface area contributed by atoms with Gasteiger partial charge in [0.1, 0.15) is 0 Å². The Kier molecular flexibility index (Phi) is 4.46. The van der Waals surface area contributed by atoms with Crippen molar-refractivity contribution < 1.29 is 4.79 Å². The van der Waals surface area contributed by atoms with Gasteiger partial charge in [-0.25, -0.2) is 0 Å². The molecule has 1 heterocycles. The maximum Gasteiger partial charge on any atom is 0.253 e. The maximum absolute atomic E-state index is 12.5. The van der Waals surface area contributed by atoms with Crippen LogP contribution in [0.15, 0.2) is 18.2 Å². The van der Waals surface area contributed by atoms with Gasteiger partial charge >= 0.3 is 0 Å². The first-order valence-electron chi connectivity index (χ1n) is 7.31. The molecule has 2 rings (SSSR count). The van der Waals surface area contributed by atoms with Gasteiger partial charge in [0.05, 0.1) is 0 Å². The molecule has 19 heavy (non-hydrogen) atoms. The average Bonchev–Trinajstić information content (AvgIpc) is 2.47. The second kappa shape index (κ2) is 6.09. The molecule has 0 bridgehead atoms. The normalized spacial score (nSPS) is 13.9. The first kappa shape index (κ1) is 13.9. The smallest absolute Gasteiger partial charge is 0.253 e. The fraction of sp³-hybridized carbons (Fsp3) is 0.562. The Bertz CT molecular complexity index is 452. The number of aryl methyl sites for hydroxylation is 1. The number of carbonyl (C=O) groups is 1. The summed E-state index contributed by atoms with van der Waals surface area (Å²) >= 11 is 0. The molecule has 0 aromatic heterocycles. The molecule has 1 N–H and O–H groups in total. The van der Waals surface area contributed by atoms with Crippen LogP contribution in [0.5, 0.6) is 0 Å². The molecule has 104 valence electrons. The van der Waals surface area contributed by atoms with Gasteiger partial charge in [0, 0.05) is 30.9 Å². The van der Waals surface area contributed by atoms with Gasteiger partial charge in [0.25, 0.3) is 5.91 Å². The molecule has 1 amide bonds. The summed E-state index contributed by atoms with van der Waals surface area (Å²) in [5.74, 6) is 0.141. The van der Waals surface area contributed by atoms with E-state index >= 15 is 0 Å². The fourth-order valence-electron chi connectivity index (χ4n) is 2.81. The number of anilines is 1. The molecule has 0 atom stereocenters. The van der Waals surface area contributed by atoms with Crippen LogP contribution in [0.4, 0.5) is 5.69 Å². The van der Waals surface area contributed by atoms with E-state index in [1.807, 2.05) is 24.1 Å². The molecular weight excluding hydrogens is 236 g/mol. The van der Waals surface area contributed by atoms with Crippen LogP contribution in [0.25, 0.3) is 0 Å². The zero-order valence-corrected chi connectivity index (χ0v) is 12.2. The highest BCUT2D eigenvalue weighted by Gasteiger charge is 2.19.